The number of anilines is 1. The van der Waals surface area contributed by atoms with Crippen LogP contribution in [0.2, 0.25) is 0 Å². The fraction of sp³-hybridized carbons (Fsp3) is 0.0769. The third-order valence-electron chi connectivity index (χ3n) is 2.39. The SMILES string of the molecule is NC(=O)Cc1ccc(NC(=O)c2ccc(Br)s2)cc1. The smallest absolute Gasteiger partial charge is 0.265 e. The lowest BCUT2D eigenvalue weighted by Crippen LogP contribution is -2.14. The van der Waals surface area contributed by atoms with Gasteiger partial charge < -0.3 is 11.1 Å². The maximum atomic E-state index is 11.9. The van der Waals surface area contributed by atoms with Crippen LogP contribution in [0.1, 0.15) is 15.2 Å². The van der Waals surface area contributed by atoms with E-state index < -0.39 is 0 Å². The van der Waals surface area contributed by atoms with Crippen molar-refractivity contribution in [3.63, 3.8) is 0 Å². The van der Waals surface area contributed by atoms with Crippen molar-refractivity contribution in [3.05, 3.63) is 50.6 Å². The predicted octanol–water partition coefficient (Wildman–Crippen LogP) is 2.79. The summed E-state index contributed by atoms with van der Waals surface area (Å²) in [6.07, 6.45) is 0.200. The standard InChI is InChI=1S/C13H11BrN2O2S/c14-11-6-5-10(19-11)13(18)16-9-3-1-8(2-4-9)7-12(15)17/h1-6H,7H2,(H2,15,17)(H,16,18). The van der Waals surface area contributed by atoms with Crippen LogP contribution in [0, 0.1) is 0 Å². The lowest BCUT2D eigenvalue weighted by molar-refractivity contribution is -0.117. The van der Waals surface area contributed by atoms with Crippen LogP contribution in [0.15, 0.2) is 40.2 Å². The number of carbonyl (C=O) groups is 2. The normalized spacial score (nSPS) is 10.2. The topological polar surface area (TPSA) is 72.2 Å². The van der Waals surface area contributed by atoms with E-state index in [0.717, 1.165) is 9.35 Å². The van der Waals surface area contributed by atoms with Crippen LogP contribution >= 0.6 is 27.3 Å². The molecule has 4 nitrogen and oxygen atoms in total. The zero-order valence-electron chi connectivity index (χ0n) is 9.85. The molecule has 1 aromatic heterocycles. The monoisotopic (exact) mass is 338 g/mol. The Morgan fingerprint density at radius 1 is 1.16 bits per heavy atom. The second-order valence-corrected chi connectivity index (χ2v) is 6.36. The molecule has 0 aliphatic carbocycles. The summed E-state index contributed by atoms with van der Waals surface area (Å²) in [5, 5.41) is 2.79. The van der Waals surface area contributed by atoms with E-state index in [9.17, 15) is 9.59 Å². The van der Waals surface area contributed by atoms with Crippen molar-refractivity contribution >= 4 is 44.8 Å². The van der Waals surface area contributed by atoms with E-state index in [1.54, 1.807) is 30.3 Å². The number of halogens is 1. The highest BCUT2D eigenvalue weighted by Gasteiger charge is 2.08. The number of primary amides is 1. The van der Waals surface area contributed by atoms with Gasteiger partial charge in [-0.3, -0.25) is 9.59 Å². The highest BCUT2D eigenvalue weighted by molar-refractivity contribution is 9.11. The number of nitrogens with one attached hydrogen (secondary N) is 1. The first-order valence-electron chi connectivity index (χ1n) is 5.48. The highest BCUT2D eigenvalue weighted by Crippen LogP contribution is 2.23. The molecule has 1 aromatic carbocycles. The van der Waals surface area contributed by atoms with Crippen LogP contribution in [0.5, 0.6) is 0 Å². The lowest BCUT2D eigenvalue weighted by Gasteiger charge is -2.04. The molecule has 2 aromatic rings. The Labute approximate surface area is 122 Å². The van der Waals surface area contributed by atoms with Crippen LogP contribution < -0.4 is 11.1 Å². The summed E-state index contributed by atoms with van der Waals surface area (Å²) < 4.78 is 0.912. The molecule has 0 unspecified atom stereocenters. The summed E-state index contributed by atoms with van der Waals surface area (Å²) in [5.41, 5.74) is 6.62. The number of carbonyl (C=O) groups excluding carboxylic acids is 2. The fourth-order valence-corrected chi connectivity index (χ4v) is 2.82. The maximum Gasteiger partial charge on any atom is 0.265 e. The van der Waals surface area contributed by atoms with Gasteiger partial charge in [0.25, 0.3) is 5.91 Å². The number of nitrogens with two attached hydrogens (primary N) is 1. The molecule has 98 valence electrons. The van der Waals surface area contributed by atoms with Gasteiger partial charge in [0.15, 0.2) is 0 Å². The molecule has 0 atom stereocenters. The van der Waals surface area contributed by atoms with Crippen molar-refractivity contribution in [2.24, 2.45) is 5.73 Å². The lowest BCUT2D eigenvalue weighted by atomic mass is 10.1. The van der Waals surface area contributed by atoms with Crippen molar-refractivity contribution in [1.29, 1.82) is 0 Å². The average Bonchev–Trinajstić information content (AvgIpc) is 2.78. The number of hydrogen-bond acceptors (Lipinski definition) is 3. The molecule has 0 saturated heterocycles. The van der Waals surface area contributed by atoms with E-state index in [4.69, 9.17) is 5.73 Å². The minimum atomic E-state index is -0.375. The summed E-state index contributed by atoms with van der Waals surface area (Å²) in [7, 11) is 0. The molecule has 1 heterocycles. The van der Waals surface area contributed by atoms with Crippen LogP contribution in [-0.2, 0) is 11.2 Å². The summed E-state index contributed by atoms with van der Waals surface area (Å²) >= 11 is 4.68. The summed E-state index contributed by atoms with van der Waals surface area (Å²) in [6.45, 7) is 0. The van der Waals surface area contributed by atoms with Crippen LogP contribution in [0.3, 0.4) is 0 Å². The molecule has 6 heteroatoms. The average molecular weight is 339 g/mol. The molecule has 0 aliphatic heterocycles. The molecule has 0 spiro atoms. The van der Waals surface area contributed by atoms with E-state index in [0.29, 0.717) is 10.6 Å². The van der Waals surface area contributed by atoms with E-state index in [1.807, 2.05) is 6.07 Å². The molecule has 19 heavy (non-hydrogen) atoms. The van der Waals surface area contributed by atoms with E-state index in [1.165, 1.54) is 11.3 Å². The Balaban J connectivity index is 2.03. The number of amides is 2. The van der Waals surface area contributed by atoms with Crippen molar-refractivity contribution in [2.45, 2.75) is 6.42 Å². The first kappa shape index (κ1) is 13.8. The molecular formula is C13H11BrN2O2S. The quantitative estimate of drug-likeness (QED) is 0.899. The minimum Gasteiger partial charge on any atom is -0.369 e. The van der Waals surface area contributed by atoms with Crippen molar-refractivity contribution in [3.8, 4) is 0 Å². The number of rotatable bonds is 4. The zero-order chi connectivity index (χ0) is 13.8. The van der Waals surface area contributed by atoms with E-state index >= 15 is 0 Å². The molecule has 0 fully saturated rings. The Hall–Kier alpha value is -1.66. The van der Waals surface area contributed by atoms with Gasteiger partial charge in [-0.15, -0.1) is 11.3 Å². The first-order valence-corrected chi connectivity index (χ1v) is 7.09. The molecule has 3 N–H and O–H groups in total. The van der Waals surface area contributed by atoms with Gasteiger partial charge in [-0.05, 0) is 45.8 Å². The Kier molecular flexibility index (Phi) is 4.34. The number of thiophene rings is 1. The van der Waals surface area contributed by atoms with Crippen LogP contribution in [0.25, 0.3) is 0 Å². The molecule has 0 radical (unpaired) electrons. The van der Waals surface area contributed by atoms with Gasteiger partial charge in [0.2, 0.25) is 5.91 Å². The van der Waals surface area contributed by atoms with Gasteiger partial charge in [0.1, 0.15) is 0 Å². The van der Waals surface area contributed by atoms with Crippen molar-refractivity contribution < 1.29 is 9.59 Å². The van der Waals surface area contributed by atoms with Gasteiger partial charge in [-0.25, -0.2) is 0 Å². The third-order valence-corrected chi connectivity index (χ3v) is 4.01. The molecule has 0 aliphatic rings. The molecule has 0 bridgehead atoms. The Morgan fingerprint density at radius 2 is 1.84 bits per heavy atom. The minimum absolute atomic E-state index is 0.154. The second kappa shape index (κ2) is 5.99. The van der Waals surface area contributed by atoms with Gasteiger partial charge in [-0.2, -0.15) is 0 Å². The van der Waals surface area contributed by atoms with Crippen LogP contribution in [0.4, 0.5) is 5.69 Å². The van der Waals surface area contributed by atoms with Gasteiger partial charge in [0, 0.05) is 5.69 Å². The second-order valence-electron chi connectivity index (χ2n) is 3.90. The predicted molar refractivity (Wildman–Crippen MR) is 79.3 cm³/mol. The number of benzene rings is 1. The zero-order valence-corrected chi connectivity index (χ0v) is 12.3. The highest BCUT2D eigenvalue weighted by atomic mass is 79.9. The summed E-state index contributed by atoms with van der Waals surface area (Å²) in [5.74, 6) is -0.529. The van der Waals surface area contributed by atoms with Gasteiger partial charge in [0.05, 0.1) is 15.1 Å². The largest absolute Gasteiger partial charge is 0.369 e. The summed E-state index contributed by atoms with van der Waals surface area (Å²) in [6, 6.07) is 10.6. The first-order chi connectivity index (χ1) is 9.04. The van der Waals surface area contributed by atoms with E-state index in [2.05, 4.69) is 21.2 Å². The molecule has 2 amide bonds. The third kappa shape index (κ3) is 3.90. The Bertz CT molecular complexity index is 607. The molecular weight excluding hydrogens is 328 g/mol. The molecule has 2 rings (SSSR count). The van der Waals surface area contributed by atoms with Crippen molar-refractivity contribution in [1.82, 2.24) is 0 Å². The fourth-order valence-electron chi connectivity index (χ4n) is 1.54. The summed E-state index contributed by atoms with van der Waals surface area (Å²) in [4.78, 5) is 23.3. The molecule has 0 saturated carbocycles. The van der Waals surface area contributed by atoms with E-state index in [-0.39, 0.29) is 18.2 Å². The Morgan fingerprint density at radius 3 is 2.37 bits per heavy atom. The van der Waals surface area contributed by atoms with Gasteiger partial charge >= 0.3 is 0 Å². The van der Waals surface area contributed by atoms with Gasteiger partial charge in [-0.1, -0.05) is 12.1 Å². The van der Waals surface area contributed by atoms with Crippen molar-refractivity contribution in [2.75, 3.05) is 5.32 Å². The number of hydrogen-bond donors (Lipinski definition) is 2. The maximum absolute atomic E-state index is 11.9. The van der Waals surface area contributed by atoms with Crippen LogP contribution in [-0.4, -0.2) is 11.8 Å².